The van der Waals surface area contributed by atoms with Crippen molar-refractivity contribution < 1.29 is 9.53 Å². The van der Waals surface area contributed by atoms with Crippen molar-refractivity contribution in [3.05, 3.63) is 23.8 Å². The van der Waals surface area contributed by atoms with Crippen LogP contribution in [0.2, 0.25) is 0 Å². The van der Waals surface area contributed by atoms with Crippen molar-refractivity contribution in [3.8, 4) is 0 Å². The minimum atomic E-state index is 0.0305. The van der Waals surface area contributed by atoms with E-state index in [0.29, 0.717) is 6.10 Å². The average molecular weight is 234 g/mol. The largest absolute Gasteiger partial charge is 0.366 e. The van der Waals surface area contributed by atoms with Gasteiger partial charge in [-0.25, -0.2) is 0 Å². The van der Waals surface area contributed by atoms with E-state index in [-0.39, 0.29) is 16.8 Å². The van der Waals surface area contributed by atoms with Crippen LogP contribution in [-0.4, -0.2) is 17.5 Å². The van der Waals surface area contributed by atoms with Crippen molar-refractivity contribution >= 4 is 5.78 Å². The third kappa shape index (κ3) is 2.86. The van der Waals surface area contributed by atoms with Gasteiger partial charge in [-0.1, -0.05) is 26.0 Å². The number of allylic oxidation sites excluding steroid dienone is 4. The highest BCUT2D eigenvalue weighted by atomic mass is 16.6. The number of hydrogen-bond acceptors (Lipinski definition) is 2. The number of epoxide rings is 1. The Morgan fingerprint density at radius 3 is 2.76 bits per heavy atom. The van der Waals surface area contributed by atoms with Crippen LogP contribution in [0.15, 0.2) is 23.8 Å². The van der Waals surface area contributed by atoms with Gasteiger partial charge >= 0.3 is 0 Å². The molecule has 2 heteroatoms. The van der Waals surface area contributed by atoms with E-state index in [2.05, 4.69) is 20.8 Å². The summed E-state index contributed by atoms with van der Waals surface area (Å²) in [7, 11) is 0. The molecule has 0 unspecified atom stereocenters. The number of ether oxygens (including phenoxy) is 1. The summed E-state index contributed by atoms with van der Waals surface area (Å²) in [5, 5.41) is 0. The van der Waals surface area contributed by atoms with Gasteiger partial charge < -0.3 is 4.74 Å². The Kier molecular flexibility index (Phi) is 3.03. The first-order valence-electron chi connectivity index (χ1n) is 6.41. The lowest BCUT2D eigenvalue weighted by Crippen LogP contribution is -2.17. The molecule has 0 radical (unpaired) electrons. The van der Waals surface area contributed by atoms with E-state index in [9.17, 15) is 4.79 Å². The zero-order valence-corrected chi connectivity index (χ0v) is 11.2. The predicted octanol–water partition coefficient (Wildman–Crippen LogP) is 3.43. The Balaban J connectivity index is 2.21. The van der Waals surface area contributed by atoms with Crippen LogP contribution in [-0.2, 0) is 9.53 Å². The molecular formula is C15H22O2. The molecule has 0 aromatic heterocycles. The number of ketones is 1. The van der Waals surface area contributed by atoms with Crippen LogP contribution in [0.5, 0.6) is 0 Å². The molecule has 2 rings (SSSR count). The fraction of sp³-hybridized carbons (Fsp3) is 0.667. The summed E-state index contributed by atoms with van der Waals surface area (Å²) in [6, 6.07) is 0. The lowest BCUT2D eigenvalue weighted by atomic mass is 9.84. The predicted molar refractivity (Wildman–Crippen MR) is 68.8 cm³/mol. The molecule has 0 N–H and O–H groups in total. The zero-order valence-electron chi connectivity index (χ0n) is 11.2. The topological polar surface area (TPSA) is 29.6 Å². The van der Waals surface area contributed by atoms with Gasteiger partial charge in [0.1, 0.15) is 0 Å². The maximum absolute atomic E-state index is 11.8. The molecule has 1 aliphatic heterocycles. The second kappa shape index (κ2) is 4.09. The molecular weight excluding hydrogens is 212 g/mol. The number of carbonyl (C=O) groups is 1. The number of rotatable bonds is 0. The average Bonchev–Trinajstić information content (AvgIpc) is 2.83. The smallest absolute Gasteiger partial charge is 0.180 e. The number of fused-ring (bicyclic) bond motifs is 1. The minimum Gasteiger partial charge on any atom is -0.366 e. The van der Waals surface area contributed by atoms with Crippen molar-refractivity contribution in [2.75, 3.05) is 0 Å². The van der Waals surface area contributed by atoms with E-state index in [1.54, 1.807) is 6.08 Å². The monoisotopic (exact) mass is 234 g/mol. The molecule has 0 spiro atoms. The molecule has 0 amide bonds. The summed E-state index contributed by atoms with van der Waals surface area (Å²) < 4.78 is 5.83. The first-order valence-corrected chi connectivity index (χ1v) is 6.41. The molecule has 1 heterocycles. The quantitative estimate of drug-likeness (QED) is 0.601. The van der Waals surface area contributed by atoms with E-state index in [1.165, 1.54) is 0 Å². The van der Waals surface area contributed by atoms with Crippen LogP contribution in [0.3, 0.4) is 0 Å². The third-order valence-electron chi connectivity index (χ3n) is 3.91. The maximum Gasteiger partial charge on any atom is 0.180 e. The fourth-order valence-corrected chi connectivity index (χ4v) is 2.42. The molecule has 1 saturated heterocycles. The van der Waals surface area contributed by atoms with Gasteiger partial charge in [0.15, 0.2) is 5.78 Å². The van der Waals surface area contributed by atoms with E-state index in [4.69, 9.17) is 4.74 Å². The van der Waals surface area contributed by atoms with Gasteiger partial charge in [-0.2, -0.15) is 0 Å². The molecule has 2 nitrogen and oxygen atoms in total. The molecule has 1 fully saturated rings. The van der Waals surface area contributed by atoms with Gasteiger partial charge in [0.2, 0.25) is 0 Å². The van der Waals surface area contributed by atoms with Crippen LogP contribution in [0.4, 0.5) is 0 Å². The Morgan fingerprint density at radius 2 is 2.06 bits per heavy atom. The van der Waals surface area contributed by atoms with Crippen LogP contribution in [0.1, 0.15) is 47.0 Å². The van der Waals surface area contributed by atoms with E-state index < -0.39 is 0 Å². The van der Waals surface area contributed by atoms with Crippen molar-refractivity contribution in [2.24, 2.45) is 5.41 Å². The highest BCUT2D eigenvalue weighted by Crippen LogP contribution is 2.46. The van der Waals surface area contributed by atoms with Crippen molar-refractivity contribution in [3.63, 3.8) is 0 Å². The second-order valence-corrected chi connectivity index (χ2v) is 6.24. The molecule has 0 aromatic rings. The molecule has 0 bridgehead atoms. The normalized spacial score (nSPS) is 41.8. The van der Waals surface area contributed by atoms with Crippen molar-refractivity contribution in [1.82, 2.24) is 0 Å². The SMILES string of the molecule is C/C1=C/CC[C@]2(C)O[C@H]2CC(C)(C)/C=C\C1=O. The van der Waals surface area contributed by atoms with Gasteiger partial charge in [-0.05, 0) is 50.2 Å². The van der Waals surface area contributed by atoms with Crippen LogP contribution < -0.4 is 0 Å². The van der Waals surface area contributed by atoms with Gasteiger partial charge in [0.25, 0.3) is 0 Å². The molecule has 0 aromatic carbocycles. The van der Waals surface area contributed by atoms with Gasteiger partial charge in [-0.15, -0.1) is 0 Å². The summed E-state index contributed by atoms with van der Waals surface area (Å²) in [5.41, 5.74) is 0.914. The van der Waals surface area contributed by atoms with E-state index >= 15 is 0 Å². The summed E-state index contributed by atoms with van der Waals surface area (Å²) in [6.45, 7) is 8.40. The first kappa shape index (κ1) is 12.6. The van der Waals surface area contributed by atoms with Crippen molar-refractivity contribution in [2.45, 2.75) is 58.7 Å². The Morgan fingerprint density at radius 1 is 1.35 bits per heavy atom. The molecule has 2 aliphatic rings. The first-order chi connectivity index (χ1) is 7.82. The maximum atomic E-state index is 11.8. The van der Waals surface area contributed by atoms with E-state index in [0.717, 1.165) is 24.8 Å². The van der Waals surface area contributed by atoms with E-state index in [1.807, 2.05) is 19.1 Å². The third-order valence-corrected chi connectivity index (χ3v) is 3.91. The highest BCUT2D eigenvalue weighted by molar-refractivity contribution is 6.03. The minimum absolute atomic E-state index is 0.0305. The molecule has 1 aliphatic carbocycles. The fourth-order valence-electron chi connectivity index (χ4n) is 2.42. The highest BCUT2D eigenvalue weighted by Gasteiger charge is 2.52. The van der Waals surface area contributed by atoms with Crippen LogP contribution >= 0.6 is 0 Å². The van der Waals surface area contributed by atoms with Gasteiger partial charge in [0, 0.05) is 0 Å². The van der Waals surface area contributed by atoms with Gasteiger partial charge in [-0.3, -0.25) is 4.79 Å². The Bertz CT molecular complexity index is 390. The number of carbonyl (C=O) groups excluding carboxylic acids is 1. The lowest BCUT2D eigenvalue weighted by molar-refractivity contribution is -0.111. The number of hydrogen-bond donors (Lipinski definition) is 0. The molecule has 2 atom stereocenters. The van der Waals surface area contributed by atoms with Crippen LogP contribution in [0, 0.1) is 5.41 Å². The summed E-state index contributed by atoms with van der Waals surface area (Å²) >= 11 is 0. The molecule has 94 valence electrons. The standard InChI is InChI=1S/C15H22O2/c1-11-6-5-8-15(4)13(17-15)10-14(2,3)9-7-12(11)16/h6-7,9,13H,5,8,10H2,1-4H3/b9-7-,11-6-/t13-,15-/m0/s1. The molecule has 17 heavy (non-hydrogen) atoms. The zero-order chi connectivity index (χ0) is 12.7. The summed E-state index contributed by atoms with van der Waals surface area (Å²) in [6.07, 6.45) is 9.07. The summed E-state index contributed by atoms with van der Waals surface area (Å²) in [4.78, 5) is 11.8. The second-order valence-electron chi connectivity index (χ2n) is 6.24. The molecule has 0 saturated carbocycles. The van der Waals surface area contributed by atoms with Crippen molar-refractivity contribution in [1.29, 1.82) is 0 Å². The lowest BCUT2D eigenvalue weighted by Gasteiger charge is -2.19. The summed E-state index contributed by atoms with van der Waals surface area (Å²) in [5.74, 6) is 0.139. The van der Waals surface area contributed by atoms with Gasteiger partial charge in [0.05, 0.1) is 11.7 Å². The van der Waals surface area contributed by atoms with Crippen LogP contribution in [0.25, 0.3) is 0 Å². The Hall–Kier alpha value is -0.890. The Labute approximate surface area is 104 Å².